The fourth-order valence-electron chi connectivity index (χ4n) is 3.41. The van der Waals surface area contributed by atoms with E-state index in [0.717, 1.165) is 0 Å². The largest absolute Gasteiger partial charge is 0.481 e. The van der Waals surface area contributed by atoms with E-state index in [1.165, 1.54) is 14.2 Å². The summed E-state index contributed by atoms with van der Waals surface area (Å²) >= 11 is 0. The fourth-order valence-corrected chi connectivity index (χ4v) is 3.41. The summed E-state index contributed by atoms with van der Waals surface area (Å²) < 4.78 is 15.6. The topological polar surface area (TPSA) is 97.3 Å². The number of hydrogen-bond acceptors (Lipinski definition) is 8. The Hall–Kier alpha value is -2.46. The van der Waals surface area contributed by atoms with Gasteiger partial charge in [0.25, 0.3) is 0 Å². The second-order valence-corrected chi connectivity index (χ2v) is 7.02. The number of piperazine rings is 1. The molecule has 0 radical (unpaired) electrons. The molecule has 0 unspecified atom stereocenters. The van der Waals surface area contributed by atoms with Crippen molar-refractivity contribution >= 4 is 11.8 Å². The van der Waals surface area contributed by atoms with E-state index in [1.54, 1.807) is 6.07 Å². The zero-order valence-corrected chi connectivity index (χ0v) is 17.1. The summed E-state index contributed by atoms with van der Waals surface area (Å²) in [7, 11) is 3.06. The van der Waals surface area contributed by atoms with Crippen molar-refractivity contribution in [1.82, 2.24) is 24.7 Å². The van der Waals surface area contributed by atoms with Gasteiger partial charge in [0.05, 0.1) is 40.0 Å². The number of aromatic nitrogens is 2. The molecule has 0 aliphatic carbocycles. The molecule has 0 aromatic carbocycles. The smallest absolute Gasteiger partial charge is 0.236 e. The Morgan fingerprint density at radius 1 is 0.931 bits per heavy atom. The molecule has 2 aliphatic rings. The van der Waals surface area contributed by atoms with Crippen molar-refractivity contribution in [1.29, 1.82) is 0 Å². The van der Waals surface area contributed by atoms with Gasteiger partial charge < -0.3 is 24.0 Å². The summed E-state index contributed by atoms with van der Waals surface area (Å²) in [5.41, 5.74) is 0. The highest BCUT2D eigenvalue weighted by Crippen LogP contribution is 2.16. The Balaban J connectivity index is 1.42. The van der Waals surface area contributed by atoms with Crippen LogP contribution in [0, 0.1) is 0 Å². The van der Waals surface area contributed by atoms with Crippen molar-refractivity contribution in [2.24, 2.45) is 0 Å². The number of morpholine rings is 1. The predicted octanol–water partition coefficient (Wildman–Crippen LogP) is -0.571. The lowest BCUT2D eigenvalue weighted by Crippen LogP contribution is -2.52. The summed E-state index contributed by atoms with van der Waals surface area (Å²) in [6.07, 6.45) is 0.741. The zero-order valence-electron chi connectivity index (χ0n) is 17.1. The third kappa shape index (κ3) is 6.01. The van der Waals surface area contributed by atoms with Crippen LogP contribution in [-0.4, -0.2) is 110 Å². The molecule has 160 valence electrons. The van der Waals surface area contributed by atoms with Crippen LogP contribution >= 0.6 is 0 Å². The van der Waals surface area contributed by atoms with Gasteiger partial charge in [-0.3, -0.25) is 14.5 Å². The van der Waals surface area contributed by atoms with Gasteiger partial charge in [-0.15, -0.1) is 0 Å². The maximum Gasteiger partial charge on any atom is 0.236 e. The van der Waals surface area contributed by atoms with Gasteiger partial charge in [-0.25, -0.2) is 0 Å². The van der Waals surface area contributed by atoms with Gasteiger partial charge in [0.1, 0.15) is 5.82 Å². The molecule has 0 spiro atoms. The molecule has 2 amide bonds. The van der Waals surface area contributed by atoms with Crippen LogP contribution in [0.1, 0.15) is 12.2 Å². The molecule has 2 saturated heterocycles. The summed E-state index contributed by atoms with van der Waals surface area (Å²) in [5, 5.41) is 0. The van der Waals surface area contributed by atoms with Crippen molar-refractivity contribution in [3.8, 4) is 11.8 Å². The van der Waals surface area contributed by atoms with Crippen LogP contribution in [0.3, 0.4) is 0 Å². The Labute approximate surface area is 170 Å². The fraction of sp³-hybridized carbons (Fsp3) is 0.684. The maximum absolute atomic E-state index is 12.6. The molecule has 10 nitrogen and oxygen atoms in total. The second-order valence-electron chi connectivity index (χ2n) is 7.02. The molecule has 0 saturated carbocycles. The lowest BCUT2D eigenvalue weighted by molar-refractivity contribution is -0.138. The van der Waals surface area contributed by atoms with E-state index in [1.807, 2.05) is 9.80 Å². The molecular weight excluding hydrogens is 378 g/mol. The molecule has 29 heavy (non-hydrogen) atoms. The SMILES string of the molecule is COc1cc(OC)nc(CCC(=O)N2CCN(CC(=O)N3CCOCC3)CC2)n1. The van der Waals surface area contributed by atoms with Gasteiger partial charge in [0, 0.05) is 52.1 Å². The van der Waals surface area contributed by atoms with Gasteiger partial charge in [0.15, 0.2) is 0 Å². The Morgan fingerprint density at radius 3 is 2.10 bits per heavy atom. The third-order valence-corrected chi connectivity index (χ3v) is 5.15. The highest BCUT2D eigenvalue weighted by atomic mass is 16.5. The highest BCUT2D eigenvalue weighted by molar-refractivity contribution is 5.78. The molecule has 2 fully saturated rings. The molecule has 10 heteroatoms. The van der Waals surface area contributed by atoms with Gasteiger partial charge in [0.2, 0.25) is 23.6 Å². The number of amides is 2. The number of carbonyl (C=O) groups excluding carboxylic acids is 2. The van der Waals surface area contributed by atoms with Crippen molar-refractivity contribution in [3.05, 3.63) is 11.9 Å². The number of ether oxygens (including phenoxy) is 3. The van der Waals surface area contributed by atoms with Crippen molar-refractivity contribution in [3.63, 3.8) is 0 Å². The van der Waals surface area contributed by atoms with Crippen LogP contribution in [-0.2, 0) is 20.7 Å². The van der Waals surface area contributed by atoms with Crippen LogP contribution < -0.4 is 9.47 Å². The lowest BCUT2D eigenvalue weighted by Gasteiger charge is -2.36. The molecule has 2 aliphatic heterocycles. The zero-order chi connectivity index (χ0) is 20.6. The van der Waals surface area contributed by atoms with E-state index in [2.05, 4.69) is 14.9 Å². The quantitative estimate of drug-likeness (QED) is 0.593. The number of methoxy groups -OCH3 is 2. The number of aryl methyl sites for hydroxylation is 1. The van der Waals surface area contributed by atoms with E-state index >= 15 is 0 Å². The minimum absolute atomic E-state index is 0.0644. The van der Waals surface area contributed by atoms with Crippen LogP contribution in [0.25, 0.3) is 0 Å². The van der Waals surface area contributed by atoms with E-state index in [9.17, 15) is 9.59 Å². The Morgan fingerprint density at radius 2 is 1.52 bits per heavy atom. The van der Waals surface area contributed by atoms with Gasteiger partial charge in [-0.05, 0) is 0 Å². The standard InChI is InChI=1S/C19H29N5O5/c1-27-16-13-17(28-2)21-15(20-16)3-4-18(25)23-7-5-22(6-8-23)14-19(26)24-9-11-29-12-10-24/h13H,3-12,14H2,1-2H3. The van der Waals surface area contributed by atoms with Crippen LogP contribution in [0.15, 0.2) is 6.07 Å². The molecule has 3 heterocycles. The first-order valence-corrected chi connectivity index (χ1v) is 9.90. The molecule has 0 N–H and O–H groups in total. The van der Waals surface area contributed by atoms with E-state index in [0.29, 0.717) is 89.5 Å². The van der Waals surface area contributed by atoms with E-state index in [-0.39, 0.29) is 11.8 Å². The molecule has 1 aromatic rings. The van der Waals surface area contributed by atoms with Crippen molar-refractivity contribution in [2.75, 3.05) is 73.2 Å². The Bertz CT molecular complexity index is 680. The number of nitrogens with zero attached hydrogens (tertiary/aromatic N) is 5. The summed E-state index contributed by atoms with van der Waals surface area (Å²) in [4.78, 5) is 39.2. The van der Waals surface area contributed by atoms with Crippen LogP contribution in [0.4, 0.5) is 0 Å². The predicted molar refractivity (Wildman–Crippen MR) is 104 cm³/mol. The monoisotopic (exact) mass is 407 g/mol. The van der Waals surface area contributed by atoms with E-state index < -0.39 is 0 Å². The average Bonchev–Trinajstić information content (AvgIpc) is 2.78. The first kappa shape index (κ1) is 21.3. The highest BCUT2D eigenvalue weighted by Gasteiger charge is 2.25. The number of hydrogen-bond donors (Lipinski definition) is 0. The molecular formula is C19H29N5O5. The molecule has 1 aromatic heterocycles. The third-order valence-electron chi connectivity index (χ3n) is 5.15. The van der Waals surface area contributed by atoms with Crippen molar-refractivity contribution in [2.45, 2.75) is 12.8 Å². The Kier molecular flexibility index (Phi) is 7.59. The van der Waals surface area contributed by atoms with E-state index in [4.69, 9.17) is 14.2 Å². The van der Waals surface area contributed by atoms with Gasteiger partial charge in [-0.1, -0.05) is 0 Å². The van der Waals surface area contributed by atoms with Gasteiger partial charge >= 0.3 is 0 Å². The number of rotatable bonds is 7. The molecule has 3 rings (SSSR count). The summed E-state index contributed by atoms with van der Waals surface area (Å²) in [6.45, 7) is 5.59. The minimum atomic E-state index is 0.0644. The first-order valence-electron chi connectivity index (χ1n) is 9.90. The van der Waals surface area contributed by atoms with Crippen LogP contribution in [0.5, 0.6) is 11.8 Å². The number of carbonyl (C=O) groups is 2. The second kappa shape index (κ2) is 10.4. The first-order chi connectivity index (χ1) is 14.1. The van der Waals surface area contributed by atoms with Crippen molar-refractivity contribution < 1.29 is 23.8 Å². The molecule has 0 atom stereocenters. The average molecular weight is 407 g/mol. The van der Waals surface area contributed by atoms with Gasteiger partial charge in [-0.2, -0.15) is 9.97 Å². The van der Waals surface area contributed by atoms with Crippen LogP contribution in [0.2, 0.25) is 0 Å². The summed E-state index contributed by atoms with van der Waals surface area (Å²) in [5.74, 6) is 1.55. The normalized spacial score (nSPS) is 17.9. The maximum atomic E-state index is 12.6. The summed E-state index contributed by atoms with van der Waals surface area (Å²) in [6, 6.07) is 1.60. The minimum Gasteiger partial charge on any atom is -0.481 e. The molecule has 0 bridgehead atoms. The lowest BCUT2D eigenvalue weighted by atomic mass is 10.2.